The second kappa shape index (κ2) is 5.71. The van der Waals surface area contributed by atoms with Crippen LogP contribution in [0.5, 0.6) is 0 Å². The number of rotatable bonds is 2. The lowest BCUT2D eigenvalue weighted by Gasteiger charge is -2.48. The van der Waals surface area contributed by atoms with Crippen molar-refractivity contribution in [1.29, 1.82) is 0 Å². The normalized spacial score (nSPS) is 32.8. The molecule has 0 aromatic heterocycles. The van der Waals surface area contributed by atoms with Gasteiger partial charge in [0.1, 0.15) is 0 Å². The molecular formula is C18H26N2O. The summed E-state index contributed by atoms with van der Waals surface area (Å²) >= 11 is 0. The molecular weight excluding hydrogens is 260 g/mol. The first-order valence-corrected chi connectivity index (χ1v) is 8.50. The lowest BCUT2D eigenvalue weighted by atomic mass is 9.89. The van der Waals surface area contributed by atoms with Gasteiger partial charge in [0.25, 0.3) is 0 Å². The van der Waals surface area contributed by atoms with Gasteiger partial charge in [-0.1, -0.05) is 43.2 Å². The molecule has 114 valence electrons. The summed E-state index contributed by atoms with van der Waals surface area (Å²) in [6.45, 7) is 4.13. The third-order valence-electron chi connectivity index (χ3n) is 5.68. The van der Waals surface area contributed by atoms with E-state index in [-0.39, 0.29) is 0 Å². The summed E-state index contributed by atoms with van der Waals surface area (Å²) in [4.78, 5) is 2.75. The van der Waals surface area contributed by atoms with Gasteiger partial charge < -0.3 is 10.1 Å². The van der Waals surface area contributed by atoms with Gasteiger partial charge in [0.15, 0.2) is 0 Å². The predicted octanol–water partition coefficient (Wildman–Crippen LogP) is 2.73. The van der Waals surface area contributed by atoms with Gasteiger partial charge >= 0.3 is 0 Å². The first kappa shape index (κ1) is 13.7. The Morgan fingerprint density at radius 3 is 2.67 bits per heavy atom. The van der Waals surface area contributed by atoms with Crippen molar-refractivity contribution < 1.29 is 4.74 Å². The number of ether oxygens (including phenoxy) is 1. The SMILES string of the molecule is c1ccc(C2CNC3(CCCC3)CN2C2CCOC2)cc1. The second-order valence-electron chi connectivity index (χ2n) is 6.98. The van der Waals surface area contributed by atoms with Gasteiger partial charge in [-0.2, -0.15) is 0 Å². The summed E-state index contributed by atoms with van der Waals surface area (Å²) in [5.74, 6) is 0. The van der Waals surface area contributed by atoms with Crippen LogP contribution < -0.4 is 5.32 Å². The van der Waals surface area contributed by atoms with Gasteiger partial charge in [-0.05, 0) is 24.8 Å². The fourth-order valence-corrected chi connectivity index (χ4v) is 4.48. The van der Waals surface area contributed by atoms with E-state index in [9.17, 15) is 0 Å². The maximum atomic E-state index is 5.68. The molecule has 4 rings (SSSR count). The topological polar surface area (TPSA) is 24.5 Å². The van der Waals surface area contributed by atoms with Crippen molar-refractivity contribution in [2.45, 2.75) is 49.7 Å². The highest BCUT2D eigenvalue weighted by Gasteiger charge is 2.44. The Labute approximate surface area is 127 Å². The molecule has 2 atom stereocenters. The molecule has 21 heavy (non-hydrogen) atoms. The van der Waals surface area contributed by atoms with Crippen molar-refractivity contribution in [3.05, 3.63) is 35.9 Å². The van der Waals surface area contributed by atoms with Crippen LogP contribution in [-0.4, -0.2) is 42.8 Å². The average Bonchev–Trinajstić information content (AvgIpc) is 3.20. The van der Waals surface area contributed by atoms with E-state index in [0.717, 1.165) is 19.8 Å². The first-order valence-electron chi connectivity index (χ1n) is 8.50. The molecule has 0 bridgehead atoms. The zero-order valence-electron chi connectivity index (χ0n) is 12.8. The first-order chi connectivity index (χ1) is 10.4. The Bertz CT molecular complexity index is 463. The summed E-state index contributed by atoms with van der Waals surface area (Å²) < 4.78 is 5.68. The van der Waals surface area contributed by atoms with E-state index in [0.29, 0.717) is 17.6 Å². The Morgan fingerprint density at radius 2 is 1.95 bits per heavy atom. The minimum Gasteiger partial charge on any atom is -0.380 e. The number of nitrogens with one attached hydrogen (secondary N) is 1. The van der Waals surface area contributed by atoms with Crippen molar-refractivity contribution in [2.75, 3.05) is 26.3 Å². The largest absolute Gasteiger partial charge is 0.380 e. The van der Waals surface area contributed by atoms with Gasteiger partial charge in [-0.3, -0.25) is 4.90 Å². The monoisotopic (exact) mass is 286 g/mol. The van der Waals surface area contributed by atoms with Crippen LogP contribution >= 0.6 is 0 Å². The summed E-state index contributed by atoms with van der Waals surface area (Å²) in [7, 11) is 0. The van der Waals surface area contributed by atoms with Crippen molar-refractivity contribution in [3.63, 3.8) is 0 Å². The zero-order chi connectivity index (χ0) is 14.1. The van der Waals surface area contributed by atoms with Crippen molar-refractivity contribution in [1.82, 2.24) is 10.2 Å². The standard InChI is InChI=1S/C18H26N2O/c1-2-6-15(7-3-1)17-12-19-18(9-4-5-10-18)14-20(17)16-8-11-21-13-16/h1-3,6-7,16-17,19H,4-5,8-14H2. The third-order valence-corrected chi connectivity index (χ3v) is 5.68. The van der Waals surface area contributed by atoms with Crippen molar-refractivity contribution in [3.8, 4) is 0 Å². The number of hydrogen-bond acceptors (Lipinski definition) is 3. The highest BCUT2D eigenvalue weighted by molar-refractivity contribution is 5.22. The van der Waals surface area contributed by atoms with Crippen LogP contribution in [0.4, 0.5) is 0 Å². The predicted molar refractivity (Wildman–Crippen MR) is 84.3 cm³/mol. The molecule has 3 nitrogen and oxygen atoms in total. The summed E-state index contributed by atoms with van der Waals surface area (Å²) in [6.07, 6.45) is 6.66. The van der Waals surface area contributed by atoms with Crippen LogP contribution in [0.2, 0.25) is 0 Å². The minimum absolute atomic E-state index is 0.383. The smallest absolute Gasteiger partial charge is 0.0622 e. The molecule has 2 saturated heterocycles. The average molecular weight is 286 g/mol. The highest BCUT2D eigenvalue weighted by atomic mass is 16.5. The van der Waals surface area contributed by atoms with Gasteiger partial charge in [-0.25, -0.2) is 0 Å². The minimum atomic E-state index is 0.383. The number of piperazine rings is 1. The lowest BCUT2D eigenvalue weighted by Crippen LogP contribution is -2.62. The number of nitrogens with zero attached hydrogens (tertiary/aromatic N) is 1. The molecule has 3 fully saturated rings. The Balaban J connectivity index is 1.60. The molecule has 1 N–H and O–H groups in total. The molecule has 1 saturated carbocycles. The van der Waals surface area contributed by atoms with Crippen LogP contribution in [0.3, 0.4) is 0 Å². The van der Waals surface area contributed by atoms with Crippen molar-refractivity contribution in [2.24, 2.45) is 0 Å². The molecule has 1 spiro atoms. The molecule has 1 aromatic rings. The molecule has 0 amide bonds. The third kappa shape index (κ3) is 2.63. The van der Waals surface area contributed by atoms with Gasteiger partial charge in [0, 0.05) is 37.3 Å². The number of hydrogen-bond donors (Lipinski definition) is 1. The van der Waals surface area contributed by atoms with Gasteiger partial charge in [0.05, 0.1) is 6.61 Å². The maximum absolute atomic E-state index is 5.68. The molecule has 2 unspecified atom stereocenters. The lowest BCUT2D eigenvalue weighted by molar-refractivity contribution is 0.0359. The molecule has 2 heterocycles. The quantitative estimate of drug-likeness (QED) is 0.905. The second-order valence-corrected chi connectivity index (χ2v) is 6.98. The maximum Gasteiger partial charge on any atom is 0.0622 e. The van der Waals surface area contributed by atoms with Crippen LogP contribution in [0.15, 0.2) is 30.3 Å². The molecule has 3 aliphatic rings. The van der Waals surface area contributed by atoms with Crippen LogP contribution in [0.25, 0.3) is 0 Å². The molecule has 1 aliphatic carbocycles. The molecule has 0 radical (unpaired) electrons. The van der Waals surface area contributed by atoms with E-state index in [4.69, 9.17) is 4.74 Å². The zero-order valence-corrected chi connectivity index (χ0v) is 12.8. The van der Waals surface area contributed by atoms with Crippen LogP contribution in [0, 0.1) is 0 Å². The van der Waals surface area contributed by atoms with Crippen LogP contribution in [0.1, 0.15) is 43.7 Å². The Morgan fingerprint density at radius 1 is 1.14 bits per heavy atom. The van der Waals surface area contributed by atoms with Gasteiger partial charge in [0.2, 0.25) is 0 Å². The molecule has 1 aromatic carbocycles. The fourth-order valence-electron chi connectivity index (χ4n) is 4.48. The van der Waals surface area contributed by atoms with E-state index in [1.807, 2.05) is 0 Å². The summed E-state index contributed by atoms with van der Waals surface area (Å²) in [5.41, 5.74) is 1.83. The highest BCUT2D eigenvalue weighted by Crippen LogP contribution is 2.38. The van der Waals surface area contributed by atoms with E-state index in [1.54, 1.807) is 0 Å². The van der Waals surface area contributed by atoms with E-state index >= 15 is 0 Å². The molecule has 3 heteroatoms. The van der Waals surface area contributed by atoms with E-state index in [2.05, 4.69) is 40.5 Å². The van der Waals surface area contributed by atoms with Crippen LogP contribution in [-0.2, 0) is 4.74 Å². The summed E-state index contributed by atoms with van der Waals surface area (Å²) in [5, 5.41) is 3.91. The number of benzene rings is 1. The summed E-state index contributed by atoms with van der Waals surface area (Å²) in [6, 6.07) is 12.1. The van der Waals surface area contributed by atoms with E-state index in [1.165, 1.54) is 44.2 Å². The van der Waals surface area contributed by atoms with E-state index < -0.39 is 0 Å². The van der Waals surface area contributed by atoms with Crippen molar-refractivity contribution >= 4 is 0 Å². The Kier molecular flexibility index (Phi) is 3.74. The Hall–Kier alpha value is -0.900. The molecule has 2 aliphatic heterocycles. The fraction of sp³-hybridized carbons (Fsp3) is 0.667. The van der Waals surface area contributed by atoms with Gasteiger partial charge in [-0.15, -0.1) is 0 Å².